The lowest BCUT2D eigenvalue weighted by atomic mass is 9.49. The van der Waals surface area contributed by atoms with Crippen molar-refractivity contribution in [3.63, 3.8) is 0 Å². The molecular formula is C27H36O4. The van der Waals surface area contributed by atoms with Crippen molar-refractivity contribution in [2.45, 2.75) is 59.4 Å². The maximum Gasteiger partial charge on any atom is 0.146 e. The Hall–Kier alpha value is -1.93. The number of rotatable bonds is 8. The van der Waals surface area contributed by atoms with Gasteiger partial charge in [-0.05, 0) is 37.7 Å². The monoisotopic (exact) mass is 424 g/mol. The van der Waals surface area contributed by atoms with E-state index in [1.807, 2.05) is 25.1 Å². The van der Waals surface area contributed by atoms with Crippen LogP contribution in [-0.4, -0.2) is 32.4 Å². The van der Waals surface area contributed by atoms with Crippen LogP contribution in [0.5, 0.6) is 0 Å². The van der Waals surface area contributed by atoms with Gasteiger partial charge in [-0.3, -0.25) is 0 Å². The zero-order valence-electron chi connectivity index (χ0n) is 19.5. The molecule has 0 heterocycles. The summed E-state index contributed by atoms with van der Waals surface area (Å²) in [5.74, 6) is 6.80. The van der Waals surface area contributed by atoms with Gasteiger partial charge in [0.05, 0.1) is 24.7 Å². The molecule has 0 unspecified atom stereocenters. The second-order valence-electron chi connectivity index (χ2n) is 8.97. The quantitative estimate of drug-likeness (QED) is 0.254. The van der Waals surface area contributed by atoms with Gasteiger partial charge in [0.1, 0.15) is 13.1 Å². The van der Waals surface area contributed by atoms with E-state index in [4.69, 9.17) is 14.2 Å². The second-order valence-corrected chi connectivity index (χ2v) is 8.97. The first-order valence-electron chi connectivity index (χ1n) is 11.3. The van der Waals surface area contributed by atoms with Crippen molar-refractivity contribution in [3.05, 3.63) is 47.5 Å². The summed E-state index contributed by atoms with van der Waals surface area (Å²) in [7, 11) is 1.64. The molecule has 1 aromatic rings. The molecule has 0 amide bonds. The number of benzene rings is 1. The van der Waals surface area contributed by atoms with E-state index >= 15 is 0 Å². The molecule has 168 valence electrons. The van der Waals surface area contributed by atoms with Crippen LogP contribution < -0.4 is 0 Å². The Kier molecular flexibility index (Phi) is 8.11. The molecule has 0 saturated heterocycles. The fraction of sp³-hybridized carbons (Fsp3) is 0.593. The van der Waals surface area contributed by atoms with E-state index in [-0.39, 0.29) is 42.7 Å². The molecule has 4 heteroatoms. The number of hydrogen-bond donors (Lipinski definition) is 0. The summed E-state index contributed by atoms with van der Waals surface area (Å²) in [6, 6.07) is 10.2. The van der Waals surface area contributed by atoms with Crippen molar-refractivity contribution >= 4 is 6.29 Å². The first kappa shape index (κ1) is 23.7. The minimum absolute atomic E-state index is 0.0281. The van der Waals surface area contributed by atoms with Crippen LogP contribution in [0.25, 0.3) is 0 Å². The first-order valence-corrected chi connectivity index (χ1v) is 11.3. The lowest BCUT2D eigenvalue weighted by molar-refractivity contribution is -0.176. The minimum Gasteiger partial charge on any atom is -0.373 e. The third kappa shape index (κ3) is 4.65. The van der Waals surface area contributed by atoms with Crippen molar-refractivity contribution in [3.8, 4) is 11.8 Å². The van der Waals surface area contributed by atoms with E-state index in [2.05, 4.69) is 50.8 Å². The number of carbonyl (C=O) groups is 1. The Morgan fingerprint density at radius 1 is 1.19 bits per heavy atom. The standard InChI is InChI=1S/C27H36O4/c1-6-11-23-19(3)14-22-25(30-16-21-12-9-8-10-13-21)15-24(31-18-29-5)20(4)26(22)27(23,7-2)17-28/h8-10,12-14,17,20,22-26H,7,15-16,18H2,1-5H3/t20-,22+,23+,24+,25-,26+,27+/m0/s1. The van der Waals surface area contributed by atoms with Gasteiger partial charge in [-0.2, -0.15) is 0 Å². The maximum atomic E-state index is 12.7. The molecule has 0 spiro atoms. The molecule has 7 atom stereocenters. The van der Waals surface area contributed by atoms with E-state index in [0.717, 1.165) is 18.4 Å². The van der Waals surface area contributed by atoms with Crippen molar-refractivity contribution < 1.29 is 19.0 Å². The summed E-state index contributed by atoms with van der Waals surface area (Å²) in [5, 5.41) is 0. The van der Waals surface area contributed by atoms with Gasteiger partial charge >= 0.3 is 0 Å². The summed E-state index contributed by atoms with van der Waals surface area (Å²) in [5.41, 5.74) is 1.78. The Morgan fingerprint density at radius 2 is 1.94 bits per heavy atom. The minimum atomic E-state index is -0.546. The molecule has 0 aliphatic heterocycles. The largest absolute Gasteiger partial charge is 0.373 e. The summed E-state index contributed by atoms with van der Waals surface area (Å²) < 4.78 is 17.8. The maximum absolute atomic E-state index is 12.7. The normalized spacial score (nSPS) is 34.8. The summed E-state index contributed by atoms with van der Waals surface area (Å²) in [6.07, 6.45) is 4.98. The molecule has 1 aromatic carbocycles. The van der Waals surface area contributed by atoms with Crippen molar-refractivity contribution in [2.75, 3.05) is 13.9 Å². The van der Waals surface area contributed by atoms with E-state index < -0.39 is 5.41 Å². The molecule has 1 saturated carbocycles. The molecule has 0 N–H and O–H groups in total. The lowest BCUT2D eigenvalue weighted by Gasteiger charge is -2.55. The Bertz CT molecular complexity index is 821. The predicted molar refractivity (Wildman–Crippen MR) is 122 cm³/mol. The summed E-state index contributed by atoms with van der Waals surface area (Å²) in [6.45, 7) is 9.08. The zero-order chi connectivity index (χ0) is 22.4. The average molecular weight is 425 g/mol. The smallest absolute Gasteiger partial charge is 0.146 e. The van der Waals surface area contributed by atoms with Gasteiger partial charge in [-0.25, -0.2) is 0 Å². The SMILES string of the molecule is CC#C[C@@H]1C(C)=C[C@H]2[C@@H]([C@@H](C)[C@H](OCOC)C[C@@H]2OCc2ccccc2)[C@@]1(C=O)CC. The first-order chi connectivity index (χ1) is 15.0. The molecule has 2 aliphatic rings. The van der Waals surface area contributed by atoms with E-state index in [0.29, 0.717) is 6.61 Å². The van der Waals surface area contributed by atoms with Crippen LogP contribution in [0.2, 0.25) is 0 Å². The van der Waals surface area contributed by atoms with Gasteiger partial charge in [-0.1, -0.05) is 61.7 Å². The molecule has 0 aromatic heterocycles. The van der Waals surface area contributed by atoms with Crippen molar-refractivity contribution in [2.24, 2.45) is 29.1 Å². The van der Waals surface area contributed by atoms with E-state index in [1.165, 1.54) is 11.9 Å². The van der Waals surface area contributed by atoms with Gasteiger partial charge in [0.2, 0.25) is 0 Å². The highest BCUT2D eigenvalue weighted by atomic mass is 16.7. The Morgan fingerprint density at radius 3 is 2.55 bits per heavy atom. The fourth-order valence-corrected chi connectivity index (χ4v) is 5.88. The number of carbonyl (C=O) groups excluding carboxylic acids is 1. The van der Waals surface area contributed by atoms with Gasteiger partial charge in [0.15, 0.2) is 0 Å². The molecule has 4 nitrogen and oxygen atoms in total. The molecular weight excluding hydrogens is 388 g/mol. The second kappa shape index (κ2) is 10.6. The number of aldehydes is 1. The number of hydrogen-bond acceptors (Lipinski definition) is 4. The molecule has 0 bridgehead atoms. The van der Waals surface area contributed by atoms with E-state index in [1.54, 1.807) is 7.11 Å². The van der Waals surface area contributed by atoms with Crippen LogP contribution in [0.4, 0.5) is 0 Å². The van der Waals surface area contributed by atoms with Gasteiger partial charge in [0, 0.05) is 24.9 Å². The predicted octanol–water partition coefficient (Wildman–Crippen LogP) is 5.03. The number of methoxy groups -OCH3 is 1. The Labute approximate surface area is 187 Å². The summed E-state index contributed by atoms with van der Waals surface area (Å²) >= 11 is 0. The van der Waals surface area contributed by atoms with Gasteiger partial charge in [0.25, 0.3) is 0 Å². The van der Waals surface area contributed by atoms with Crippen molar-refractivity contribution in [1.82, 2.24) is 0 Å². The highest BCUT2D eigenvalue weighted by molar-refractivity contribution is 5.64. The molecule has 1 fully saturated rings. The van der Waals surface area contributed by atoms with Crippen LogP contribution in [0.3, 0.4) is 0 Å². The summed E-state index contributed by atoms with van der Waals surface area (Å²) in [4.78, 5) is 12.7. The molecule has 31 heavy (non-hydrogen) atoms. The number of allylic oxidation sites excluding steroid dienone is 1. The van der Waals surface area contributed by atoms with Crippen LogP contribution in [0, 0.1) is 40.9 Å². The Balaban J connectivity index is 2.00. The molecule has 2 aliphatic carbocycles. The molecule has 3 rings (SSSR count). The topological polar surface area (TPSA) is 44.8 Å². The van der Waals surface area contributed by atoms with E-state index in [9.17, 15) is 4.79 Å². The highest BCUT2D eigenvalue weighted by Crippen LogP contribution is 2.56. The van der Waals surface area contributed by atoms with Gasteiger partial charge < -0.3 is 19.0 Å². The number of ether oxygens (including phenoxy) is 3. The average Bonchev–Trinajstić information content (AvgIpc) is 2.79. The van der Waals surface area contributed by atoms with Crippen LogP contribution in [0.1, 0.15) is 46.1 Å². The number of fused-ring (bicyclic) bond motifs is 1. The third-order valence-electron chi connectivity index (χ3n) is 7.36. The van der Waals surface area contributed by atoms with Crippen LogP contribution >= 0.6 is 0 Å². The van der Waals surface area contributed by atoms with Crippen molar-refractivity contribution in [1.29, 1.82) is 0 Å². The van der Waals surface area contributed by atoms with Crippen LogP contribution in [0.15, 0.2) is 42.0 Å². The van der Waals surface area contributed by atoms with Gasteiger partial charge in [-0.15, -0.1) is 5.92 Å². The van der Waals surface area contributed by atoms with Crippen LogP contribution in [-0.2, 0) is 25.6 Å². The molecule has 0 radical (unpaired) electrons. The lowest BCUT2D eigenvalue weighted by Crippen LogP contribution is -2.57. The fourth-order valence-electron chi connectivity index (χ4n) is 5.88. The third-order valence-corrected chi connectivity index (χ3v) is 7.36. The highest BCUT2D eigenvalue weighted by Gasteiger charge is 2.57. The zero-order valence-corrected chi connectivity index (χ0v) is 19.5.